The van der Waals surface area contributed by atoms with E-state index in [2.05, 4.69) is 34.5 Å². The van der Waals surface area contributed by atoms with E-state index in [1.165, 1.54) is 5.56 Å². The lowest BCUT2D eigenvalue weighted by Gasteiger charge is -2.15. The molecule has 0 amide bonds. The van der Waals surface area contributed by atoms with Crippen molar-refractivity contribution in [1.29, 1.82) is 0 Å². The molecule has 0 aliphatic heterocycles. The molecule has 0 saturated heterocycles. The highest BCUT2D eigenvalue weighted by molar-refractivity contribution is 5.26. The number of nitrogens with zero attached hydrogens (tertiary/aromatic N) is 3. The Kier molecular flexibility index (Phi) is 3.40. The maximum absolute atomic E-state index is 5.58. The van der Waals surface area contributed by atoms with Crippen LogP contribution in [0.4, 0.5) is 0 Å². The fraction of sp³-hybridized carbons (Fsp3) is 0.200. The lowest BCUT2D eigenvalue weighted by molar-refractivity contribution is 0.459. The number of benzene rings is 1. The lowest BCUT2D eigenvalue weighted by Crippen LogP contribution is -2.05. The molecule has 0 aliphatic carbocycles. The molecular formula is C15H15N3O. The molecule has 3 aromatic rings. The minimum Gasteiger partial charge on any atom is -0.469 e. The van der Waals surface area contributed by atoms with Crippen LogP contribution in [0.25, 0.3) is 0 Å². The monoisotopic (exact) mass is 253 g/mol. The number of aryl methyl sites for hydroxylation is 1. The molecule has 2 heterocycles. The summed E-state index contributed by atoms with van der Waals surface area (Å²) in [4.78, 5) is 0. The van der Waals surface area contributed by atoms with Crippen molar-refractivity contribution in [1.82, 2.24) is 14.8 Å². The first-order valence-electron chi connectivity index (χ1n) is 6.34. The molecule has 0 radical (unpaired) electrons. The van der Waals surface area contributed by atoms with Crippen molar-refractivity contribution in [3.8, 4) is 0 Å². The Morgan fingerprint density at radius 1 is 1.00 bits per heavy atom. The van der Waals surface area contributed by atoms with Gasteiger partial charge in [0, 0.05) is 12.5 Å². The van der Waals surface area contributed by atoms with E-state index >= 15 is 0 Å². The number of aromatic nitrogens is 3. The Hall–Kier alpha value is -2.36. The van der Waals surface area contributed by atoms with E-state index in [1.807, 2.05) is 22.8 Å². The molecule has 3 rings (SSSR count). The van der Waals surface area contributed by atoms with Gasteiger partial charge in [0.2, 0.25) is 0 Å². The molecule has 0 bridgehead atoms. The number of hydrogen-bond donors (Lipinski definition) is 0. The van der Waals surface area contributed by atoms with E-state index in [9.17, 15) is 0 Å². The molecule has 4 heteroatoms. The molecule has 0 saturated carbocycles. The van der Waals surface area contributed by atoms with Gasteiger partial charge in [-0.25, -0.2) is 0 Å². The van der Waals surface area contributed by atoms with Gasteiger partial charge in [0.15, 0.2) is 0 Å². The summed E-state index contributed by atoms with van der Waals surface area (Å²) in [6, 6.07) is 14.4. The third-order valence-electron chi connectivity index (χ3n) is 3.23. The summed E-state index contributed by atoms with van der Waals surface area (Å²) >= 11 is 0. The van der Waals surface area contributed by atoms with Crippen LogP contribution in [0.1, 0.15) is 23.7 Å². The molecule has 0 spiro atoms. The van der Waals surface area contributed by atoms with Crippen molar-refractivity contribution < 1.29 is 4.42 Å². The zero-order valence-corrected chi connectivity index (χ0v) is 10.5. The Bertz CT molecular complexity index is 588. The summed E-state index contributed by atoms with van der Waals surface area (Å²) in [6.07, 6.45) is 6.16. The van der Waals surface area contributed by atoms with Gasteiger partial charge in [-0.1, -0.05) is 30.3 Å². The summed E-state index contributed by atoms with van der Waals surface area (Å²) in [5.41, 5.74) is 1.27. The van der Waals surface area contributed by atoms with Crippen LogP contribution in [0.15, 0.2) is 65.8 Å². The molecule has 0 N–H and O–H groups in total. The van der Waals surface area contributed by atoms with E-state index in [0.29, 0.717) is 0 Å². The number of furan rings is 1. The summed E-state index contributed by atoms with van der Waals surface area (Å²) in [7, 11) is 0. The van der Waals surface area contributed by atoms with E-state index in [0.717, 1.165) is 18.7 Å². The highest BCUT2D eigenvalue weighted by Crippen LogP contribution is 2.28. The van der Waals surface area contributed by atoms with Gasteiger partial charge >= 0.3 is 0 Å². The second kappa shape index (κ2) is 5.52. The second-order valence-electron chi connectivity index (χ2n) is 4.47. The molecule has 0 unspecified atom stereocenters. The van der Waals surface area contributed by atoms with Gasteiger partial charge in [0.1, 0.15) is 18.4 Å². The van der Waals surface area contributed by atoms with Gasteiger partial charge < -0.3 is 8.98 Å². The minimum atomic E-state index is 0.263. The molecule has 1 aromatic carbocycles. The van der Waals surface area contributed by atoms with Gasteiger partial charge in [0.25, 0.3) is 0 Å². The second-order valence-corrected chi connectivity index (χ2v) is 4.47. The molecule has 96 valence electrons. The Labute approximate surface area is 111 Å². The van der Waals surface area contributed by atoms with Crippen LogP contribution in [0.3, 0.4) is 0 Å². The maximum Gasteiger partial charge on any atom is 0.119 e. The standard InChI is InChI=1S/C15H15N3O/c1-2-5-13(6-3-1)14(15-7-4-10-19-15)8-9-18-11-16-17-12-18/h1-7,10-12,14H,8-9H2/t14-/m0/s1. The summed E-state index contributed by atoms with van der Waals surface area (Å²) < 4.78 is 7.56. The zero-order chi connectivity index (χ0) is 12.9. The van der Waals surface area contributed by atoms with Gasteiger partial charge in [0.05, 0.1) is 6.26 Å². The van der Waals surface area contributed by atoms with Crippen LogP contribution >= 0.6 is 0 Å². The van der Waals surface area contributed by atoms with Gasteiger partial charge in [-0.3, -0.25) is 0 Å². The van der Waals surface area contributed by atoms with Gasteiger partial charge in [-0.15, -0.1) is 10.2 Å². The first-order chi connectivity index (χ1) is 9.43. The van der Waals surface area contributed by atoms with Crippen LogP contribution in [-0.4, -0.2) is 14.8 Å². The Morgan fingerprint density at radius 2 is 1.79 bits per heavy atom. The maximum atomic E-state index is 5.58. The van der Waals surface area contributed by atoms with Crippen molar-refractivity contribution in [2.45, 2.75) is 18.9 Å². The van der Waals surface area contributed by atoms with Crippen molar-refractivity contribution in [3.63, 3.8) is 0 Å². The number of rotatable bonds is 5. The van der Waals surface area contributed by atoms with Crippen LogP contribution in [0.5, 0.6) is 0 Å². The van der Waals surface area contributed by atoms with Crippen LogP contribution in [0.2, 0.25) is 0 Å². The molecule has 1 atom stereocenters. The van der Waals surface area contributed by atoms with E-state index in [1.54, 1.807) is 18.9 Å². The Balaban J connectivity index is 1.81. The average Bonchev–Trinajstić information content (AvgIpc) is 3.13. The summed E-state index contributed by atoms with van der Waals surface area (Å²) in [5.74, 6) is 1.26. The number of hydrogen-bond acceptors (Lipinski definition) is 3. The molecule has 4 nitrogen and oxygen atoms in total. The fourth-order valence-electron chi connectivity index (χ4n) is 2.26. The van der Waals surface area contributed by atoms with Crippen LogP contribution < -0.4 is 0 Å². The first kappa shape index (κ1) is 11.7. The third kappa shape index (κ3) is 2.73. The first-order valence-corrected chi connectivity index (χ1v) is 6.34. The molecule has 0 aliphatic rings. The summed E-state index contributed by atoms with van der Waals surface area (Å²) in [6.45, 7) is 0.868. The van der Waals surface area contributed by atoms with Gasteiger partial charge in [-0.05, 0) is 24.1 Å². The minimum absolute atomic E-state index is 0.263. The van der Waals surface area contributed by atoms with Crippen LogP contribution in [-0.2, 0) is 6.54 Å². The highest BCUT2D eigenvalue weighted by Gasteiger charge is 2.16. The Morgan fingerprint density at radius 3 is 2.47 bits per heavy atom. The van der Waals surface area contributed by atoms with Crippen molar-refractivity contribution in [3.05, 3.63) is 72.7 Å². The third-order valence-corrected chi connectivity index (χ3v) is 3.23. The van der Waals surface area contributed by atoms with Crippen molar-refractivity contribution >= 4 is 0 Å². The summed E-state index contributed by atoms with van der Waals surface area (Å²) in [5, 5.41) is 7.65. The van der Waals surface area contributed by atoms with E-state index in [-0.39, 0.29) is 5.92 Å². The predicted octanol–water partition coefficient (Wildman–Crippen LogP) is 3.09. The molecular weight excluding hydrogens is 238 g/mol. The normalized spacial score (nSPS) is 12.4. The average molecular weight is 253 g/mol. The smallest absolute Gasteiger partial charge is 0.119 e. The quantitative estimate of drug-likeness (QED) is 0.701. The molecule has 2 aromatic heterocycles. The van der Waals surface area contributed by atoms with Crippen LogP contribution in [0, 0.1) is 0 Å². The fourth-order valence-corrected chi connectivity index (χ4v) is 2.26. The molecule has 19 heavy (non-hydrogen) atoms. The SMILES string of the molecule is c1ccc([C@H](CCn2cnnc2)c2ccco2)cc1. The molecule has 0 fully saturated rings. The van der Waals surface area contributed by atoms with Gasteiger partial charge in [-0.2, -0.15) is 0 Å². The van der Waals surface area contributed by atoms with E-state index < -0.39 is 0 Å². The van der Waals surface area contributed by atoms with Crippen molar-refractivity contribution in [2.75, 3.05) is 0 Å². The van der Waals surface area contributed by atoms with E-state index in [4.69, 9.17) is 4.42 Å². The topological polar surface area (TPSA) is 43.9 Å². The lowest BCUT2D eigenvalue weighted by atomic mass is 9.93. The highest BCUT2D eigenvalue weighted by atomic mass is 16.3. The largest absolute Gasteiger partial charge is 0.469 e. The zero-order valence-electron chi connectivity index (χ0n) is 10.5. The van der Waals surface area contributed by atoms with Crippen molar-refractivity contribution in [2.24, 2.45) is 0 Å². The predicted molar refractivity (Wildman–Crippen MR) is 71.6 cm³/mol.